The van der Waals surface area contributed by atoms with Crippen molar-refractivity contribution in [3.8, 4) is 5.75 Å². The number of aryl methyl sites for hydroxylation is 1. The predicted molar refractivity (Wildman–Crippen MR) is 169 cm³/mol. The summed E-state index contributed by atoms with van der Waals surface area (Å²) in [7, 11) is -4.28. The molecule has 0 bridgehead atoms. The molecule has 3 aromatic carbocycles. The molecule has 0 aliphatic heterocycles. The van der Waals surface area contributed by atoms with Gasteiger partial charge < -0.3 is 15.0 Å². The summed E-state index contributed by atoms with van der Waals surface area (Å²) in [5, 5.41) is 3.15. The fourth-order valence-corrected chi connectivity index (χ4v) is 6.99. The molecule has 3 aromatic rings. The number of nitrogens with one attached hydrogen (secondary N) is 1. The minimum atomic E-state index is -4.28. The zero-order valence-electron chi connectivity index (χ0n) is 25.7. The van der Waals surface area contributed by atoms with Crippen LogP contribution in [-0.4, -0.2) is 50.4 Å². The number of amides is 2. The number of anilines is 1. The van der Waals surface area contributed by atoms with Crippen LogP contribution >= 0.6 is 0 Å². The molecule has 1 atom stereocenters. The van der Waals surface area contributed by atoms with E-state index in [1.165, 1.54) is 29.2 Å². The third-order valence-corrected chi connectivity index (χ3v) is 9.84. The summed E-state index contributed by atoms with van der Waals surface area (Å²) in [5.74, 6) is -0.818. The maximum atomic E-state index is 14.3. The molecule has 1 saturated carbocycles. The standard InChI is InChI=1S/C34H42FN3O5S/c1-4-32(34(40)36-28-13-7-6-8-14-28)37(23-26-12-10-9-11-25(26)3)33(39)24-38(29-17-15-27(35)16-18-29)44(41,42)31-21-19-30(20-22-31)43-5-2/h9-12,15-22,28,32H,4-8,13-14,23-24H2,1-3H3,(H,36,40)/t32-/m1/s1. The first kappa shape index (κ1) is 33.0. The highest BCUT2D eigenvalue weighted by Crippen LogP contribution is 2.27. The molecule has 1 aliphatic rings. The number of carbonyl (C=O) groups excluding carboxylic acids is 2. The smallest absolute Gasteiger partial charge is 0.264 e. The molecule has 4 rings (SSSR count). The highest BCUT2D eigenvalue weighted by molar-refractivity contribution is 7.92. The van der Waals surface area contributed by atoms with Crippen LogP contribution < -0.4 is 14.4 Å². The third kappa shape index (κ3) is 8.16. The summed E-state index contributed by atoms with van der Waals surface area (Å²) in [6.45, 7) is 5.57. The van der Waals surface area contributed by atoms with Crippen LogP contribution in [0.5, 0.6) is 5.75 Å². The molecule has 1 aliphatic carbocycles. The van der Waals surface area contributed by atoms with Gasteiger partial charge in [-0.15, -0.1) is 0 Å². The molecule has 0 radical (unpaired) electrons. The van der Waals surface area contributed by atoms with E-state index in [1.54, 1.807) is 12.1 Å². The third-order valence-electron chi connectivity index (χ3n) is 8.06. The van der Waals surface area contributed by atoms with E-state index in [0.29, 0.717) is 18.8 Å². The van der Waals surface area contributed by atoms with Crippen LogP contribution in [0.3, 0.4) is 0 Å². The lowest BCUT2D eigenvalue weighted by Gasteiger charge is -2.34. The van der Waals surface area contributed by atoms with Crippen LogP contribution in [0.15, 0.2) is 77.7 Å². The Labute approximate surface area is 260 Å². The second kappa shape index (κ2) is 15.2. The van der Waals surface area contributed by atoms with Crippen LogP contribution in [0.1, 0.15) is 63.5 Å². The first-order chi connectivity index (χ1) is 21.1. The molecule has 2 amide bonds. The van der Waals surface area contributed by atoms with Gasteiger partial charge in [-0.2, -0.15) is 0 Å². The fourth-order valence-electron chi connectivity index (χ4n) is 5.57. The van der Waals surface area contributed by atoms with Crippen molar-refractivity contribution in [3.05, 3.63) is 89.7 Å². The van der Waals surface area contributed by atoms with E-state index >= 15 is 0 Å². The Morgan fingerprint density at radius 2 is 1.61 bits per heavy atom. The number of rotatable bonds is 13. The van der Waals surface area contributed by atoms with Gasteiger partial charge in [0, 0.05) is 12.6 Å². The van der Waals surface area contributed by atoms with Crippen molar-refractivity contribution in [1.29, 1.82) is 0 Å². The molecule has 8 nitrogen and oxygen atoms in total. The number of ether oxygens (including phenoxy) is 1. The van der Waals surface area contributed by atoms with Crippen LogP contribution in [0, 0.1) is 12.7 Å². The van der Waals surface area contributed by atoms with Crippen molar-refractivity contribution in [1.82, 2.24) is 10.2 Å². The lowest BCUT2D eigenvalue weighted by Crippen LogP contribution is -2.54. The van der Waals surface area contributed by atoms with E-state index in [1.807, 2.05) is 45.0 Å². The van der Waals surface area contributed by atoms with Crippen molar-refractivity contribution in [2.45, 2.75) is 82.8 Å². The molecule has 1 fully saturated rings. The van der Waals surface area contributed by atoms with E-state index in [4.69, 9.17) is 4.74 Å². The molecule has 44 heavy (non-hydrogen) atoms. The number of sulfonamides is 1. The van der Waals surface area contributed by atoms with Crippen LogP contribution in [0.4, 0.5) is 10.1 Å². The van der Waals surface area contributed by atoms with Crippen molar-refractivity contribution in [3.63, 3.8) is 0 Å². The highest BCUT2D eigenvalue weighted by atomic mass is 32.2. The minimum Gasteiger partial charge on any atom is -0.494 e. The molecular weight excluding hydrogens is 581 g/mol. The van der Waals surface area contributed by atoms with Gasteiger partial charge in [-0.3, -0.25) is 13.9 Å². The average molecular weight is 624 g/mol. The number of hydrogen-bond donors (Lipinski definition) is 1. The Bertz CT molecular complexity index is 1510. The molecule has 236 valence electrons. The van der Waals surface area contributed by atoms with Crippen molar-refractivity contribution in [2.75, 3.05) is 17.5 Å². The van der Waals surface area contributed by atoms with Crippen molar-refractivity contribution >= 4 is 27.5 Å². The van der Waals surface area contributed by atoms with Gasteiger partial charge in [-0.1, -0.05) is 50.5 Å². The van der Waals surface area contributed by atoms with Gasteiger partial charge in [0.2, 0.25) is 11.8 Å². The Morgan fingerprint density at radius 1 is 0.955 bits per heavy atom. The molecule has 0 heterocycles. The lowest BCUT2D eigenvalue weighted by molar-refractivity contribution is -0.140. The van der Waals surface area contributed by atoms with Crippen molar-refractivity contribution < 1.29 is 27.1 Å². The van der Waals surface area contributed by atoms with E-state index in [0.717, 1.165) is 59.7 Å². The summed E-state index contributed by atoms with van der Waals surface area (Å²) in [4.78, 5) is 29.4. The highest BCUT2D eigenvalue weighted by Gasteiger charge is 2.34. The number of nitrogens with zero attached hydrogens (tertiary/aromatic N) is 2. The van der Waals surface area contributed by atoms with Gasteiger partial charge in [0.1, 0.15) is 24.2 Å². The Morgan fingerprint density at radius 3 is 2.23 bits per heavy atom. The maximum absolute atomic E-state index is 14.3. The predicted octanol–water partition coefficient (Wildman–Crippen LogP) is 5.98. The van der Waals surface area contributed by atoms with Gasteiger partial charge in [-0.25, -0.2) is 12.8 Å². The first-order valence-electron chi connectivity index (χ1n) is 15.3. The Hall–Kier alpha value is -3.92. The normalized spacial score (nSPS) is 14.5. The summed E-state index contributed by atoms with van der Waals surface area (Å²) >= 11 is 0. The van der Waals surface area contributed by atoms with Gasteiger partial charge in [0.05, 0.1) is 17.2 Å². The van der Waals surface area contributed by atoms with E-state index < -0.39 is 34.3 Å². The molecule has 0 spiro atoms. The molecule has 0 unspecified atom stereocenters. The minimum absolute atomic E-state index is 0.0504. The average Bonchev–Trinajstić information content (AvgIpc) is 3.02. The SMILES string of the molecule is CCOc1ccc(S(=O)(=O)N(CC(=O)N(Cc2ccccc2C)[C@H](CC)C(=O)NC2CCCCC2)c2ccc(F)cc2)cc1. The van der Waals surface area contributed by atoms with Gasteiger partial charge in [0.25, 0.3) is 10.0 Å². The number of benzene rings is 3. The molecule has 0 saturated heterocycles. The number of hydrogen-bond acceptors (Lipinski definition) is 5. The van der Waals surface area contributed by atoms with Crippen molar-refractivity contribution in [2.24, 2.45) is 0 Å². The van der Waals surface area contributed by atoms with E-state index in [9.17, 15) is 22.4 Å². The second-order valence-electron chi connectivity index (χ2n) is 11.1. The summed E-state index contributed by atoms with van der Waals surface area (Å²) in [6.07, 6.45) is 5.37. The zero-order valence-corrected chi connectivity index (χ0v) is 26.5. The van der Waals surface area contributed by atoms with Crippen LogP contribution in [0.2, 0.25) is 0 Å². The molecule has 10 heteroatoms. The van der Waals surface area contributed by atoms with Gasteiger partial charge in [-0.05, 0) is 92.8 Å². The largest absolute Gasteiger partial charge is 0.494 e. The molecular formula is C34H42FN3O5S. The monoisotopic (exact) mass is 623 g/mol. The maximum Gasteiger partial charge on any atom is 0.264 e. The molecule has 0 aromatic heterocycles. The van der Waals surface area contributed by atoms with Gasteiger partial charge >= 0.3 is 0 Å². The second-order valence-corrected chi connectivity index (χ2v) is 13.0. The topological polar surface area (TPSA) is 96.0 Å². The van der Waals surface area contributed by atoms with E-state index in [-0.39, 0.29) is 29.1 Å². The lowest BCUT2D eigenvalue weighted by atomic mass is 9.95. The van der Waals surface area contributed by atoms with Crippen LogP contribution in [-0.2, 0) is 26.2 Å². The zero-order chi connectivity index (χ0) is 31.7. The van der Waals surface area contributed by atoms with Crippen LogP contribution in [0.25, 0.3) is 0 Å². The van der Waals surface area contributed by atoms with E-state index in [2.05, 4.69) is 5.32 Å². The molecule has 1 N–H and O–H groups in total. The first-order valence-corrected chi connectivity index (χ1v) is 16.7. The fraction of sp³-hybridized carbons (Fsp3) is 0.412. The Balaban J connectivity index is 1.70. The summed E-state index contributed by atoms with van der Waals surface area (Å²) in [5.41, 5.74) is 1.93. The number of halogens is 1. The van der Waals surface area contributed by atoms with Gasteiger partial charge in [0.15, 0.2) is 0 Å². The Kier molecular flexibility index (Phi) is 11.4. The number of carbonyl (C=O) groups is 2. The summed E-state index contributed by atoms with van der Waals surface area (Å²) in [6, 6.07) is 17.7. The quantitative estimate of drug-likeness (QED) is 0.253. The summed E-state index contributed by atoms with van der Waals surface area (Å²) < 4.78 is 48.4.